The number of carbonyl (C=O) groups excluding carboxylic acids is 3. The fraction of sp³-hybridized carbons (Fsp3) is 0.500. The quantitative estimate of drug-likeness (QED) is 0.609. The Kier molecular flexibility index (Phi) is 7.26. The molecule has 1 aliphatic rings. The molecule has 1 fully saturated rings. The molecule has 1 saturated carbocycles. The normalized spacial score (nSPS) is 13.6. The highest BCUT2D eigenvalue weighted by molar-refractivity contribution is 6.00. The lowest BCUT2D eigenvalue weighted by Crippen LogP contribution is -2.24. The van der Waals surface area contributed by atoms with E-state index < -0.39 is 24.5 Å². The highest BCUT2D eigenvalue weighted by Gasteiger charge is 2.28. The molecule has 2 N–H and O–H groups in total. The minimum Gasteiger partial charge on any atom is -0.462 e. The molecule has 2 aromatic rings. The number of aromatic amines is 1. The Hall–Kier alpha value is -3.54. The Bertz CT molecular complexity index is 1130. The number of ether oxygens (including phenoxy) is 2. The number of rotatable bonds is 7. The van der Waals surface area contributed by atoms with E-state index in [9.17, 15) is 19.6 Å². The predicted octanol–water partition coefficient (Wildman–Crippen LogP) is 4.01. The van der Waals surface area contributed by atoms with Gasteiger partial charge in [0, 0.05) is 17.4 Å². The second-order valence-electron chi connectivity index (χ2n) is 8.32. The van der Waals surface area contributed by atoms with E-state index in [-0.39, 0.29) is 23.9 Å². The third-order valence-corrected chi connectivity index (χ3v) is 6.27. The van der Waals surface area contributed by atoms with E-state index in [1.807, 2.05) is 18.4 Å². The molecule has 1 amide bonds. The Morgan fingerprint density at radius 1 is 1.09 bits per heavy atom. The van der Waals surface area contributed by atoms with Crippen LogP contribution in [0.25, 0.3) is 0 Å². The second kappa shape index (κ2) is 9.94. The van der Waals surface area contributed by atoms with Crippen molar-refractivity contribution in [2.45, 2.75) is 66.3 Å². The zero-order valence-corrected chi connectivity index (χ0v) is 19.8. The number of anilines is 1. The molecule has 9 heteroatoms. The molecule has 2 aromatic heterocycles. The lowest BCUT2D eigenvalue weighted by molar-refractivity contribution is -0.119. The zero-order valence-electron chi connectivity index (χ0n) is 19.8. The molecule has 33 heavy (non-hydrogen) atoms. The van der Waals surface area contributed by atoms with Gasteiger partial charge in [0.2, 0.25) is 0 Å². The number of aryl methyl sites for hydroxylation is 1. The van der Waals surface area contributed by atoms with Crippen LogP contribution < -0.4 is 5.32 Å². The molecular formula is C24H30N4O5. The van der Waals surface area contributed by atoms with Crippen molar-refractivity contribution in [3.63, 3.8) is 0 Å². The first kappa shape index (κ1) is 24.1. The molecule has 0 atom stereocenters. The van der Waals surface area contributed by atoms with Crippen molar-refractivity contribution in [2.75, 3.05) is 18.5 Å². The molecular weight excluding hydrogens is 424 g/mol. The molecule has 0 saturated heterocycles. The van der Waals surface area contributed by atoms with Crippen molar-refractivity contribution >= 4 is 23.7 Å². The third-order valence-electron chi connectivity index (χ3n) is 6.27. The van der Waals surface area contributed by atoms with Gasteiger partial charge >= 0.3 is 11.9 Å². The number of esters is 2. The van der Waals surface area contributed by atoms with Crippen LogP contribution in [-0.2, 0) is 14.3 Å². The summed E-state index contributed by atoms with van der Waals surface area (Å²) >= 11 is 0. The van der Waals surface area contributed by atoms with Gasteiger partial charge in [-0.25, -0.2) is 9.59 Å². The highest BCUT2D eigenvalue weighted by Crippen LogP contribution is 2.37. The largest absolute Gasteiger partial charge is 0.462 e. The molecule has 0 aliphatic heterocycles. The van der Waals surface area contributed by atoms with Crippen molar-refractivity contribution < 1.29 is 23.9 Å². The SMILES string of the molecule is CCOC(=O)c1c(C)[nH]c(C(=O)OCC(=O)Nc2c(C#N)c(C)c(C)n2C2CCCC2)c1C. The van der Waals surface area contributed by atoms with Gasteiger partial charge in [-0.15, -0.1) is 0 Å². The summed E-state index contributed by atoms with van der Waals surface area (Å²) in [6, 6.07) is 2.42. The molecule has 0 radical (unpaired) electrons. The summed E-state index contributed by atoms with van der Waals surface area (Å²) in [6.45, 7) is 8.49. The van der Waals surface area contributed by atoms with Crippen LogP contribution in [0.3, 0.4) is 0 Å². The van der Waals surface area contributed by atoms with Gasteiger partial charge in [-0.2, -0.15) is 5.26 Å². The number of nitrogens with zero attached hydrogens (tertiary/aromatic N) is 2. The van der Waals surface area contributed by atoms with E-state index >= 15 is 0 Å². The first-order valence-electron chi connectivity index (χ1n) is 11.2. The molecule has 176 valence electrons. The first-order chi connectivity index (χ1) is 15.7. The van der Waals surface area contributed by atoms with Crippen molar-refractivity contribution in [3.8, 4) is 6.07 Å². The smallest absolute Gasteiger partial charge is 0.355 e. The second-order valence-corrected chi connectivity index (χ2v) is 8.32. The molecule has 1 aliphatic carbocycles. The van der Waals surface area contributed by atoms with Crippen LogP contribution in [0, 0.1) is 39.0 Å². The van der Waals surface area contributed by atoms with E-state index in [2.05, 4.69) is 16.4 Å². The van der Waals surface area contributed by atoms with E-state index in [4.69, 9.17) is 9.47 Å². The van der Waals surface area contributed by atoms with E-state index in [0.717, 1.165) is 36.9 Å². The van der Waals surface area contributed by atoms with Crippen LogP contribution in [0.1, 0.15) is 87.6 Å². The molecule has 0 spiro atoms. The Labute approximate surface area is 193 Å². The number of carbonyl (C=O) groups is 3. The average molecular weight is 455 g/mol. The topological polar surface area (TPSA) is 126 Å². The van der Waals surface area contributed by atoms with Crippen LogP contribution in [0.2, 0.25) is 0 Å². The van der Waals surface area contributed by atoms with Gasteiger partial charge in [0.25, 0.3) is 5.91 Å². The summed E-state index contributed by atoms with van der Waals surface area (Å²) in [5.74, 6) is -1.36. The molecule has 2 heterocycles. The maximum atomic E-state index is 12.7. The summed E-state index contributed by atoms with van der Waals surface area (Å²) in [6.07, 6.45) is 4.20. The highest BCUT2D eigenvalue weighted by atomic mass is 16.5. The van der Waals surface area contributed by atoms with Gasteiger partial charge in [0.1, 0.15) is 17.6 Å². The van der Waals surface area contributed by atoms with Crippen molar-refractivity contribution in [2.24, 2.45) is 0 Å². The Morgan fingerprint density at radius 2 is 1.76 bits per heavy atom. The molecule has 0 unspecified atom stereocenters. The van der Waals surface area contributed by atoms with Crippen LogP contribution >= 0.6 is 0 Å². The van der Waals surface area contributed by atoms with Crippen LogP contribution in [0.4, 0.5) is 5.82 Å². The Morgan fingerprint density at radius 3 is 2.36 bits per heavy atom. The number of nitriles is 1. The fourth-order valence-electron chi connectivity index (χ4n) is 4.54. The number of H-pyrrole nitrogens is 1. The minimum atomic E-state index is -0.750. The fourth-order valence-corrected chi connectivity index (χ4v) is 4.54. The maximum Gasteiger partial charge on any atom is 0.355 e. The molecule has 0 aromatic carbocycles. The van der Waals surface area contributed by atoms with E-state index in [1.165, 1.54) is 0 Å². The monoisotopic (exact) mass is 454 g/mol. The van der Waals surface area contributed by atoms with Gasteiger partial charge in [0.05, 0.1) is 17.7 Å². The van der Waals surface area contributed by atoms with Gasteiger partial charge < -0.3 is 24.3 Å². The summed E-state index contributed by atoms with van der Waals surface area (Å²) < 4.78 is 12.3. The van der Waals surface area contributed by atoms with E-state index in [1.54, 1.807) is 20.8 Å². The number of hydrogen-bond acceptors (Lipinski definition) is 6. The van der Waals surface area contributed by atoms with Crippen LogP contribution in [0.5, 0.6) is 0 Å². The number of aromatic nitrogens is 2. The molecule has 0 bridgehead atoms. The molecule has 9 nitrogen and oxygen atoms in total. The lowest BCUT2D eigenvalue weighted by atomic mass is 10.1. The minimum absolute atomic E-state index is 0.0992. The standard InChI is InChI=1S/C24H30N4O5/c1-6-32-23(30)20-14(3)21(26-15(20)4)24(31)33-12-19(29)27-22-18(11-25)13(2)16(5)28(22)17-9-7-8-10-17/h17,26H,6-10,12H2,1-5H3,(H,27,29). The summed E-state index contributed by atoms with van der Waals surface area (Å²) in [7, 11) is 0. The average Bonchev–Trinajstić information content (AvgIpc) is 3.45. The van der Waals surface area contributed by atoms with E-state index in [0.29, 0.717) is 22.6 Å². The van der Waals surface area contributed by atoms with Gasteiger partial charge in [-0.05, 0) is 58.6 Å². The zero-order chi connectivity index (χ0) is 24.3. The maximum absolute atomic E-state index is 12.7. The van der Waals surface area contributed by atoms with Crippen LogP contribution in [0.15, 0.2) is 0 Å². The summed E-state index contributed by atoms with van der Waals surface area (Å²) in [5.41, 5.74) is 3.49. The van der Waals surface area contributed by atoms with Gasteiger partial charge in [0.15, 0.2) is 6.61 Å². The number of amides is 1. The number of hydrogen-bond donors (Lipinski definition) is 2. The Balaban J connectivity index is 1.74. The van der Waals surface area contributed by atoms with Crippen LogP contribution in [-0.4, -0.2) is 40.6 Å². The summed E-state index contributed by atoms with van der Waals surface area (Å²) in [4.78, 5) is 40.2. The lowest BCUT2D eigenvalue weighted by Gasteiger charge is -2.19. The van der Waals surface area contributed by atoms with Gasteiger partial charge in [-0.3, -0.25) is 4.79 Å². The van der Waals surface area contributed by atoms with Crippen molar-refractivity contribution in [1.29, 1.82) is 5.26 Å². The summed E-state index contributed by atoms with van der Waals surface area (Å²) in [5, 5.41) is 12.4. The van der Waals surface area contributed by atoms with Crippen molar-refractivity contribution in [1.82, 2.24) is 9.55 Å². The number of nitrogens with one attached hydrogen (secondary N) is 2. The third kappa shape index (κ3) is 4.65. The molecule has 3 rings (SSSR count). The first-order valence-corrected chi connectivity index (χ1v) is 11.2. The predicted molar refractivity (Wildman–Crippen MR) is 121 cm³/mol. The van der Waals surface area contributed by atoms with Crippen molar-refractivity contribution in [3.05, 3.63) is 39.3 Å². The van der Waals surface area contributed by atoms with Gasteiger partial charge in [-0.1, -0.05) is 12.8 Å².